The van der Waals surface area contributed by atoms with Gasteiger partial charge in [0.15, 0.2) is 0 Å². The molecule has 2 aromatic rings. The van der Waals surface area contributed by atoms with Crippen LogP contribution in [-0.2, 0) is 6.42 Å². The van der Waals surface area contributed by atoms with Crippen molar-refractivity contribution in [3.8, 4) is 11.8 Å². The number of nitrogens with zero attached hydrogens (tertiary/aromatic N) is 1. The van der Waals surface area contributed by atoms with E-state index in [1.165, 1.54) is 5.57 Å². The smallest absolute Gasteiger partial charge is 0.142 e. The minimum atomic E-state index is -0.321. The van der Waals surface area contributed by atoms with Gasteiger partial charge in [-0.05, 0) is 78.2 Å². The van der Waals surface area contributed by atoms with Crippen LogP contribution in [0.3, 0.4) is 0 Å². The molecule has 0 unspecified atom stereocenters. The Morgan fingerprint density at radius 2 is 2.00 bits per heavy atom. The minimum absolute atomic E-state index is 0.321. The Hall–Kier alpha value is -2.51. The van der Waals surface area contributed by atoms with Gasteiger partial charge in [-0.2, -0.15) is 5.26 Å². The van der Waals surface area contributed by atoms with Gasteiger partial charge in [0.1, 0.15) is 11.4 Å². The van der Waals surface area contributed by atoms with E-state index < -0.39 is 0 Å². The van der Waals surface area contributed by atoms with Gasteiger partial charge in [-0.1, -0.05) is 18.2 Å². The highest BCUT2D eigenvalue weighted by Crippen LogP contribution is 2.41. The molecule has 1 aliphatic heterocycles. The lowest BCUT2D eigenvalue weighted by atomic mass is 9.93. The lowest BCUT2D eigenvalue weighted by molar-refractivity contribution is 0.156. The van der Waals surface area contributed by atoms with Crippen LogP contribution in [0.1, 0.15) is 31.9 Å². The number of anilines is 1. The third-order valence-electron chi connectivity index (χ3n) is 4.18. The molecule has 0 radical (unpaired) electrons. The van der Waals surface area contributed by atoms with Crippen molar-refractivity contribution in [3.63, 3.8) is 0 Å². The summed E-state index contributed by atoms with van der Waals surface area (Å²) in [5.41, 5.74) is 4.62. The van der Waals surface area contributed by atoms with Crippen molar-refractivity contribution in [3.05, 3.63) is 75.9 Å². The first-order valence-corrected chi connectivity index (χ1v) is 9.29. The van der Waals surface area contributed by atoms with Gasteiger partial charge in [0, 0.05) is 29.4 Å². The second-order valence-electron chi connectivity index (χ2n) is 6.96. The Kier molecular flexibility index (Phi) is 5.20. The highest BCUT2D eigenvalue weighted by Gasteiger charge is 2.26. The molecule has 0 saturated carbocycles. The summed E-state index contributed by atoms with van der Waals surface area (Å²) in [5, 5.41) is 12.7. The zero-order valence-corrected chi connectivity index (χ0v) is 16.7. The minimum Gasteiger partial charge on any atom is -0.482 e. The second kappa shape index (κ2) is 7.39. The molecule has 2 aromatic carbocycles. The van der Waals surface area contributed by atoms with Crippen LogP contribution in [0, 0.1) is 11.3 Å². The van der Waals surface area contributed by atoms with E-state index in [0.717, 1.165) is 27.0 Å². The quantitative estimate of drug-likeness (QED) is 0.622. The standard InChI is InChI=1S/C22H21BrN2O/c1-15-12-22(2,3)26-21-19(15)10-16(11-20(21)23)9-17(13-24)14-25-18-7-5-4-6-8-18/h4-8,10-12,14,25H,9H2,1-3H3/b17-14-. The summed E-state index contributed by atoms with van der Waals surface area (Å²) in [7, 11) is 0. The van der Waals surface area contributed by atoms with Gasteiger partial charge in [-0.25, -0.2) is 0 Å². The van der Waals surface area contributed by atoms with Gasteiger partial charge in [0.05, 0.1) is 10.5 Å². The predicted octanol–water partition coefficient (Wildman–Crippen LogP) is 6.09. The zero-order chi connectivity index (χ0) is 18.7. The molecule has 0 aromatic heterocycles. The van der Waals surface area contributed by atoms with Crippen LogP contribution in [-0.4, -0.2) is 5.60 Å². The summed E-state index contributed by atoms with van der Waals surface area (Å²) in [5.74, 6) is 0.864. The first kappa shape index (κ1) is 18.3. The molecule has 1 heterocycles. The molecular formula is C22H21BrN2O. The summed E-state index contributed by atoms with van der Waals surface area (Å²) < 4.78 is 7.01. The van der Waals surface area contributed by atoms with E-state index in [2.05, 4.69) is 46.4 Å². The first-order valence-electron chi connectivity index (χ1n) is 8.50. The Balaban J connectivity index is 1.85. The zero-order valence-electron chi connectivity index (χ0n) is 15.1. The number of fused-ring (bicyclic) bond motifs is 1. The van der Waals surface area contributed by atoms with Crippen molar-refractivity contribution in [1.29, 1.82) is 5.26 Å². The molecule has 1 aliphatic rings. The largest absolute Gasteiger partial charge is 0.482 e. The van der Waals surface area contributed by atoms with E-state index in [4.69, 9.17) is 4.74 Å². The van der Waals surface area contributed by atoms with Crippen molar-refractivity contribution >= 4 is 27.2 Å². The number of nitriles is 1. The number of nitrogens with one attached hydrogen (secondary N) is 1. The summed E-state index contributed by atoms with van der Waals surface area (Å²) in [6, 6.07) is 16.2. The summed E-state index contributed by atoms with van der Waals surface area (Å²) in [6.07, 6.45) is 4.45. The molecule has 4 heteroatoms. The highest BCUT2D eigenvalue weighted by molar-refractivity contribution is 9.10. The van der Waals surface area contributed by atoms with Crippen molar-refractivity contribution in [2.45, 2.75) is 32.8 Å². The predicted molar refractivity (Wildman–Crippen MR) is 110 cm³/mol. The van der Waals surface area contributed by atoms with Gasteiger partial charge in [0.25, 0.3) is 0 Å². The summed E-state index contributed by atoms with van der Waals surface area (Å²) >= 11 is 3.63. The van der Waals surface area contributed by atoms with Crippen LogP contribution >= 0.6 is 15.9 Å². The number of halogens is 1. The van der Waals surface area contributed by atoms with Crippen LogP contribution in [0.25, 0.3) is 5.57 Å². The molecule has 0 aliphatic carbocycles. The molecule has 3 nitrogen and oxygen atoms in total. The Bertz CT molecular complexity index is 921. The van der Waals surface area contributed by atoms with E-state index in [1.54, 1.807) is 6.20 Å². The number of ether oxygens (including phenoxy) is 1. The lowest BCUT2D eigenvalue weighted by Crippen LogP contribution is -2.29. The normalized spacial score (nSPS) is 15.3. The number of para-hydroxylation sites is 1. The van der Waals surface area contributed by atoms with Crippen molar-refractivity contribution in [2.75, 3.05) is 5.32 Å². The van der Waals surface area contributed by atoms with E-state index >= 15 is 0 Å². The third-order valence-corrected chi connectivity index (χ3v) is 4.77. The Morgan fingerprint density at radius 1 is 1.27 bits per heavy atom. The summed E-state index contributed by atoms with van der Waals surface area (Å²) in [4.78, 5) is 0. The maximum atomic E-state index is 9.49. The first-order chi connectivity index (χ1) is 12.4. The second-order valence-corrected chi connectivity index (χ2v) is 7.81. The molecule has 1 N–H and O–H groups in total. The number of benzene rings is 2. The average molecular weight is 409 g/mol. The molecule has 0 atom stereocenters. The Morgan fingerprint density at radius 3 is 2.69 bits per heavy atom. The van der Waals surface area contributed by atoms with E-state index in [9.17, 15) is 5.26 Å². The number of hydrogen-bond donors (Lipinski definition) is 1. The van der Waals surface area contributed by atoms with Gasteiger partial charge in [-0.3, -0.25) is 0 Å². The average Bonchev–Trinajstić information content (AvgIpc) is 2.60. The van der Waals surface area contributed by atoms with Crippen LogP contribution in [0.2, 0.25) is 0 Å². The topological polar surface area (TPSA) is 45.0 Å². The van der Waals surface area contributed by atoms with Gasteiger partial charge in [0.2, 0.25) is 0 Å². The summed E-state index contributed by atoms with van der Waals surface area (Å²) in [6.45, 7) is 6.19. The van der Waals surface area contributed by atoms with Crippen molar-refractivity contribution in [1.82, 2.24) is 0 Å². The lowest BCUT2D eigenvalue weighted by Gasteiger charge is -2.31. The van der Waals surface area contributed by atoms with Gasteiger partial charge < -0.3 is 10.1 Å². The maximum Gasteiger partial charge on any atom is 0.142 e. The van der Waals surface area contributed by atoms with Crippen LogP contribution in [0.5, 0.6) is 5.75 Å². The van der Waals surface area contributed by atoms with Gasteiger partial charge in [-0.15, -0.1) is 0 Å². The number of hydrogen-bond acceptors (Lipinski definition) is 3. The van der Waals surface area contributed by atoms with Crippen LogP contribution < -0.4 is 10.1 Å². The third kappa shape index (κ3) is 4.17. The van der Waals surface area contributed by atoms with Crippen molar-refractivity contribution in [2.24, 2.45) is 0 Å². The van der Waals surface area contributed by atoms with Crippen molar-refractivity contribution < 1.29 is 4.74 Å². The fourth-order valence-electron chi connectivity index (χ4n) is 3.09. The van der Waals surface area contributed by atoms with Crippen LogP contribution in [0.4, 0.5) is 5.69 Å². The van der Waals surface area contributed by atoms with E-state index in [1.807, 2.05) is 50.2 Å². The molecule has 3 rings (SSSR count). The Labute approximate surface area is 163 Å². The molecular weight excluding hydrogens is 388 g/mol. The highest BCUT2D eigenvalue weighted by atomic mass is 79.9. The molecule has 0 fully saturated rings. The molecule has 0 bridgehead atoms. The molecule has 26 heavy (non-hydrogen) atoms. The van der Waals surface area contributed by atoms with Gasteiger partial charge >= 0.3 is 0 Å². The van der Waals surface area contributed by atoms with E-state index in [-0.39, 0.29) is 5.60 Å². The molecule has 0 amide bonds. The fraction of sp³-hybridized carbons (Fsp3) is 0.227. The molecule has 0 saturated heterocycles. The molecule has 132 valence electrons. The van der Waals surface area contributed by atoms with E-state index in [0.29, 0.717) is 12.0 Å². The maximum absolute atomic E-state index is 9.49. The van der Waals surface area contributed by atoms with Crippen LogP contribution in [0.15, 0.2) is 64.8 Å². The SMILES string of the molecule is CC1=CC(C)(C)Oc2c(Br)cc(C/C(C#N)=C/Nc3ccccc3)cc21. The fourth-order valence-corrected chi connectivity index (χ4v) is 3.68. The number of allylic oxidation sites excluding steroid dienone is 2. The monoisotopic (exact) mass is 408 g/mol. The molecule has 0 spiro atoms. The number of rotatable bonds is 4.